The highest BCUT2D eigenvalue weighted by Gasteiger charge is 2.27. The zero-order valence-corrected chi connectivity index (χ0v) is 13.7. The van der Waals surface area contributed by atoms with Gasteiger partial charge in [-0.2, -0.15) is 5.26 Å². The predicted octanol–water partition coefficient (Wildman–Crippen LogP) is 3.03. The first-order valence-corrected chi connectivity index (χ1v) is 8.18. The van der Waals surface area contributed by atoms with Crippen molar-refractivity contribution in [1.82, 2.24) is 4.90 Å². The number of hydrogen-bond acceptors (Lipinski definition) is 5. The van der Waals surface area contributed by atoms with Crippen LogP contribution in [0.25, 0.3) is 0 Å². The summed E-state index contributed by atoms with van der Waals surface area (Å²) in [4.78, 5) is 24.5. The Balaban J connectivity index is 2.12. The molecule has 0 spiro atoms. The molecule has 7 heteroatoms. The molecule has 1 aromatic carbocycles. The van der Waals surface area contributed by atoms with Crippen LogP contribution in [0.2, 0.25) is 0 Å². The van der Waals surface area contributed by atoms with Gasteiger partial charge in [0.15, 0.2) is 5.56 Å². The predicted molar refractivity (Wildman–Crippen MR) is 87.6 cm³/mol. The van der Waals surface area contributed by atoms with Crippen molar-refractivity contribution in [2.45, 2.75) is 45.1 Å². The SMILES string of the molecule is CCCC(=O)N1CCCCC1COc1cccc([N+](=O)[O-])c1C#N. The molecule has 24 heavy (non-hydrogen) atoms. The summed E-state index contributed by atoms with van der Waals surface area (Å²) in [6.45, 7) is 2.92. The van der Waals surface area contributed by atoms with E-state index in [1.807, 2.05) is 17.9 Å². The van der Waals surface area contributed by atoms with Crippen molar-refractivity contribution in [2.24, 2.45) is 0 Å². The smallest absolute Gasteiger partial charge is 0.290 e. The summed E-state index contributed by atoms with van der Waals surface area (Å²) >= 11 is 0. The fraction of sp³-hybridized carbons (Fsp3) is 0.529. The van der Waals surface area contributed by atoms with Crippen LogP contribution in [-0.4, -0.2) is 34.9 Å². The molecule has 1 amide bonds. The summed E-state index contributed by atoms with van der Waals surface area (Å²) in [5, 5.41) is 20.2. The van der Waals surface area contributed by atoms with Gasteiger partial charge in [0.05, 0.1) is 11.0 Å². The Morgan fingerprint density at radius 1 is 1.50 bits per heavy atom. The molecule has 1 unspecified atom stereocenters. The Morgan fingerprint density at radius 3 is 2.96 bits per heavy atom. The lowest BCUT2D eigenvalue weighted by Gasteiger charge is -2.35. The van der Waals surface area contributed by atoms with Gasteiger partial charge in [-0.05, 0) is 31.7 Å². The molecular formula is C17H21N3O4. The van der Waals surface area contributed by atoms with E-state index in [0.717, 1.165) is 25.7 Å². The molecule has 0 bridgehead atoms. The van der Waals surface area contributed by atoms with E-state index in [2.05, 4.69) is 0 Å². The number of nitriles is 1. The van der Waals surface area contributed by atoms with Crippen molar-refractivity contribution in [1.29, 1.82) is 5.26 Å². The minimum atomic E-state index is -0.594. The van der Waals surface area contributed by atoms with Gasteiger partial charge in [-0.15, -0.1) is 0 Å². The van der Waals surface area contributed by atoms with E-state index in [9.17, 15) is 20.2 Å². The number of benzene rings is 1. The molecule has 1 aliphatic heterocycles. The van der Waals surface area contributed by atoms with Gasteiger partial charge in [-0.25, -0.2) is 0 Å². The summed E-state index contributed by atoms with van der Waals surface area (Å²) < 4.78 is 5.70. The van der Waals surface area contributed by atoms with E-state index in [1.54, 1.807) is 6.07 Å². The Morgan fingerprint density at radius 2 is 2.29 bits per heavy atom. The molecule has 1 heterocycles. The second-order valence-corrected chi connectivity index (χ2v) is 5.82. The molecule has 0 aliphatic carbocycles. The van der Waals surface area contributed by atoms with Gasteiger partial charge in [-0.3, -0.25) is 14.9 Å². The average Bonchev–Trinajstić information content (AvgIpc) is 2.59. The second kappa shape index (κ2) is 8.29. The first-order chi connectivity index (χ1) is 11.6. The number of amides is 1. The van der Waals surface area contributed by atoms with E-state index >= 15 is 0 Å². The topological polar surface area (TPSA) is 96.5 Å². The Labute approximate surface area is 141 Å². The van der Waals surface area contributed by atoms with E-state index in [-0.39, 0.29) is 35.6 Å². The Bertz CT molecular complexity index is 654. The van der Waals surface area contributed by atoms with E-state index in [1.165, 1.54) is 12.1 Å². The van der Waals surface area contributed by atoms with Crippen molar-refractivity contribution in [3.8, 4) is 11.8 Å². The van der Waals surface area contributed by atoms with Gasteiger partial charge < -0.3 is 9.64 Å². The summed E-state index contributed by atoms with van der Waals surface area (Å²) in [6.07, 6.45) is 4.14. The van der Waals surface area contributed by atoms with Gasteiger partial charge >= 0.3 is 0 Å². The summed E-state index contributed by atoms with van der Waals surface area (Å²) in [7, 11) is 0. The van der Waals surface area contributed by atoms with Crippen LogP contribution in [0, 0.1) is 21.4 Å². The van der Waals surface area contributed by atoms with Gasteiger partial charge in [0.2, 0.25) is 5.91 Å². The normalized spacial score (nSPS) is 17.2. The van der Waals surface area contributed by atoms with Crippen LogP contribution < -0.4 is 4.74 Å². The van der Waals surface area contributed by atoms with Gasteiger partial charge in [0, 0.05) is 19.0 Å². The van der Waals surface area contributed by atoms with Gasteiger partial charge in [0.1, 0.15) is 18.4 Å². The molecule has 128 valence electrons. The van der Waals surface area contributed by atoms with Crippen LogP contribution in [0.3, 0.4) is 0 Å². The number of carbonyl (C=O) groups is 1. The second-order valence-electron chi connectivity index (χ2n) is 5.82. The van der Waals surface area contributed by atoms with Crippen LogP contribution >= 0.6 is 0 Å². The molecule has 1 atom stereocenters. The maximum atomic E-state index is 12.2. The lowest BCUT2D eigenvalue weighted by molar-refractivity contribution is -0.385. The van der Waals surface area contributed by atoms with Crippen molar-refractivity contribution in [3.05, 3.63) is 33.9 Å². The first-order valence-electron chi connectivity index (χ1n) is 8.18. The Hall–Kier alpha value is -2.62. The summed E-state index contributed by atoms with van der Waals surface area (Å²) in [5.41, 5.74) is -0.345. The maximum absolute atomic E-state index is 12.2. The number of piperidine rings is 1. The number of hydrogen-bond donors (Lipinski definition) is 0. The number of nitro groups is 1. The van der Waals surface area contributed by atoms with Crippen molar-refractivity contribution in [3.63, 3.8) is 0 Å². The number of likely N-dealkylation sites (tertiary alicyclic amines) is 1. The minimum Gasteiger partial charge on any atom is -0.490 e. The molecule has 1 aromatic rings. The fourth-order valence-corrected chi connectivity index (χ4v) is 2.95. The third kappa shape index (κ3) is 4.02. The van der Waals surface area contributed by atoms with Crippen LogP contribution in [0.1, 0.15) is 44.6 Å². The largest absolute Gasteiger partial charge is 0.490 e. The molecule has 1 saturated heterocycles. The number of nitrogens with zero attached hydrogens (tertiary/aromatic N) is 3. The quantitative estimate of drug-likeness (QED) is 0.589. The molecule has 0 saturated carbocycles. The molecule has 7 nitrogen and oxygen atoms in total. The van der Waals surface area contributed by atoms with Crippen LogP contribution in [0.15, 0.2) is 18.2 Å². The highest BCUT2D eigenvalue weighted by Crippen LogP contribution is 2.28. The highest BCUT2D eigenvalue weighted by molar-refractivity contribution is 5.76. The molecular weight excluding hydrogens is 310 g/mol. The lowest BCUT2D eigenvalue weighted by Crippen LogP contribution is -2.46. The van der Waals surface area contributed by atoms with Gasteiger partial charge in [0.25, 0.3) is 5.69 Å². The number of ether oxygens (including phenoxy) is 1. The zero-order chi connectivity index (χ0) is 17.5. The summed E-state index contributed by atoms with van der Waals surface area (Å²) in [5.74, 6) is 0.311. The Kier molecular flexibility index (Phi) is 6.13. The lowest BCUT2D eigenvalue weighted by atomic mass is 10.0. The third-order valence-electron chi connectivity index (χ3n) is 4.16. The van der Waals surface area contributed by atoms with E-state index < -0.39 is 4.92 Å². The molecule has 0 N–H and O–H groups in total. The highest BCUT2D eigenvalue weighted by atomic mass is 16.6. The van der Waals surface area contributed by atoms with Crippen molar-refractivity contribution < 1.29 is 14.5 Å². The molecule has 0 aromatic heterocycles. The molecule has 1 fully saturated rings. The van der Waals surface area contributed by atoms with E-state index in [4.69, 9.17) is 4.74 Å². The van der Waals surface area contributed by atoms with Crippen LogP contribution in [0.5, 0.6) is 5.75 Å². The van der Waals surface area contributed by atoms with Crippen LogP contribution in [-0.2, 0) is 4.79 Å². The maximum Gasteiger partial charge on any atom is 0.290 e. The fourth-order valence-electron chi connectivity index (χ4n) is 2.95. The third-order valence-corrected chi connectivity index (χ3v) is 4.16. The molecule has 0 radical (unpaired) electrons. The zero-order valence-electron chi connectivity index (χ0n) is 13.7. The molecule has 1 aliphatic rings. The van der Waals surface area contributed by atoms with Crippen LogP contribution in [0.4, 0.5) is 5.69 Å². The van der Waals surface area contributed by atoms with E-state index in [0.29, 0.717) is 13.0 Å². The first kappa shape index (κ1) is 17.7. The van der Waals surface area contributed by atoms with Gasteiger partial charge in [-0.1, -0.05) is 13.0 Å². The average molecular weight is 331 g/mol. The number of carbonyl (C=O) groups excluding carboxylic acids is 1. The number of nitro benzene ring substituents is 1. The number of rotatable bonds is 6. The standard InChI is InChI=1S/C17H21N3O4/c1-2-6-17(21)19-10-4-3-7-13(19)12-24-16-9-5-8-15(20(22)23)14(16)11-18/h5,8-9,13H,2-4,6-7,10,12H2,1H3. The summed E-state index contributed by atoms with van der Waals surface area (Å²) in [6, 6.07) is 6.11. The minimum absolute atomic E-state index is 0.0522. The van der Waals surface area contributed by atoms with Crippen molar-refractivity contribution >= 4 is 11.6 Å². The van der Waals surface area contributed by atoms with Crippen molar-refractivity contribution in [2.75, 3.05) is 13.2 Å². The molecule has 2 rings (SSSR count). The monoisotopic (exact) mass is 331 g/mol.